The van der Waals surface area contributed by atoms with Crippen molar-refractivity contribution in [2.45, 2.75) is 25.9 Å². The van der Waals surface area contributed by atoms with Crippen LogP contribution >= 0.6 is 0 Å². The molecule has 0 aromatic heterocycles. The topological polar surface area (TPSA) is 38.3 Å². The number of hydrogen-bond donors (Lipinski definition) is 1. The second-order valence-corrected chi connectivity index (χ2v) is 3.95. The normalized spacial score (nSPS) is 19.8. The van der Waals surface area contributed by atoms with Crippen LogP contribution in [0.25, 0.3) is 0 Å². The molecule has 0 radical (unpaired) electrons. The zero-order chi connectivity index (χ0) is 11.5. The molecule has 1 atom stereocenters. The van der Waals surface area contributed by atoms with Gasteiger partial charge in [-0.2, -0.15) is 0 Å². The lowest BCUT2D eigenvalue weighted by molar-refractivity contribution is -0.124. The first-order valence-electron chi connectivity index (χ1n) is 5.35. The summed E-state index contributed by atoms with van der Waals surface area (Å²) in [5.41, 5.74) is 1.13. The summed E-state index contributed by atoms with van der Waals surface area (Å²) in [4.78, 5) is 11.7. The predicted octanol–water partition coefficient (Wildman–Crippen LogP) is 2.25. The van der Waals surface area contributed by atoms with Crippen LogP contribution in [-0.2, 0) is 9.53 Å². The predicted molar refractivity (Wildman–Crippen MR) is 58.7 cm³/mol. The largest absolute Gasteiger partial charge is 0.368 e. The summed E-state index contributed by atoms with van der Waals surface area (Å²) in [6.07, 6.45) is 1.32. The van der Waals surface area contributed by atoms with Gasteiger partial charge in [0.25, 0.3) is 5.91 Å². The van der Waals surface area contributed by atoms with E-state index in [9.17, 15) is 9.18 Å². The fourth-order valence-electron chi connectivity index (χ4n) is 1.73. The third kappa shape index (κ3) is 2.39. The van der Waals surface area contributed by atoms with E-state index < -0.39 is 0 Å². The average Bonchev–Trinajstić information content (AvgIpc) is 2.77. The van der Waals surface area contributed by atoms with E-state index in [2.05, 4.69) is 5.32 Å². The molecule has 1 heterocycles. The number of aryl methyl sites for hydroxylation is 1. The Kier molecular flexibility index (Phi) is 3.19. The Labute approximate surface area is 93.6 Å². The maximum atomic E-state index is 13.0. The third-order valence-corrected chi connectivity index (χ3v) is 2.65. The van der Waals surface area contributed by atoms with Gasteiger partial charge in [0.2, 0.25) is 0 Å². The molecule has 4 heteroatoms. The molecular formula is C12H14FNO2. The fourth-order valence-corrected chi connectivity index (χ4v) is 1.73. The lowest BCUT2D eigenvalue weighted by atomic mass is 10.2. The number of carbonyl (C=O) groups excluding carboxylic acids is 1. The Morgan fingerprint density at radius 1 is 1.56 bits per heavy atom. The van der Waals surface area contributed by atoms with Crippen LogP contribution in [0.5, 0.6) is 0 Å². The first-order chi connectivity index (χ1) is 7.66. The molecule has 1 fully saturated rings. The summed E-state index contributed by atoms with van der Waals surface area (Å²) in [6.45, 7) is 2.30. The molecule has 1 aliphatic heterocycles. The monoisotopic (exact) mass is 223 g/mol. The highest BCUT2D eigenvalue weighted by molar-refractivity contribution is 5.94. The second-order valence-electron chi connectivity index (χ2n) is 3.95. The van der Waals surface area contributed by atoms with E-state index in [1.54, 1.807) is 19.1 Å². The van der Waals surface area contributed by atoms with E-state index in [-0.39, 0.29) is 17.8 Å². The minimum absolute atomic E-state index is 0.150. The molecule has 86 valence electrons. The molecule has 1 amide bonds. The minimum atomic E-state index is -0.356. The third-order valence-electron chi connectivity index (χ3n) is 2.65. The van der Waals surface area contributed by atoms with Crippen LogP contribution in [-0.4, -0.2) is 18.6 Å². The Bertz CT molecular complexity index is 400. The minimum Gasteiger partial charge on any atom is -0.368 e. The Hall–Kier alpha value is -1.42. The van der Waals surface area contributed by atoms with Crippen molar-refractivity contribution in [3.05, 3.63) is 29.6 Å². The Balaban J connectivity index is 2.02. The number of anilines is 1. The lowest BCUT2D eigenvalue weighted by Crippen LogP contribution is -2.26. The summed E-state index contributed by atoms with van der Waals surface area (Å²) >= 11 is 0. The molecule has 3 nitrogen and oxygen atoms in total. The smallest absolute Gasteiger partial charge is 0.253 e. The van der Waals surface area contributed by atoms with Crippen LogP contribution in [0.2, 0.25) is 0 Å². The number of ether oxygens (including phenoxy) is 1. The second kappa shape index (κ2) is 4.61. The van der Waals surface area contributed by atoms with Crippen LogP contribution in [0.1, 0.15) is 18.4 Å². The van der Waals surface area contributed by atoms with Gasteiger partial charge in [-0.1, -0.05) is 0 Å². The molecule has 1 aliphatic rings. The van der Waals surface area contributed by atoms with Crippen LogP contribution in [0.15, 0.2) is 18.2 Å². The fraction of sp³-hybridized carbons (Fsp3) is 0.417. The van der Waals surface area contributed by atoms with Crippen LogP contribution in [0, 0.1) is 12.7 Å². The van der Waals surface area contributed by atoms with Gasteiger partial charge in [0.05, 0.1) is 0 Å². The van der Waals surface area contributed by atoms with Gasteiger partial charge in [0.1, 0.15) is 11.9 Å². The van der Waals surface area contributed by atoms with Gasteiger partial charge in [-0.3, -0.25) is 4.79 Å². The summed E-state index contributed by atoms with van der Waals surface area (Å²) in [5, 5.41) is 2.72. The number of halogens is 1. The lowest BCUT2D eigenvalue weighted by Gasteiger charge is -2.10. The van der Waals surface area contributed by atoms with Gasteiger partial charge in [-0.15, -0.1) is 0 Å². The van der Waals surface area contributed by atoms with E-state index in [4.69, 9.17) is 4.74 Å². The summed E-state index contributed by atoms with van der Waals surface area (Å²) < 4.78 is 18.3. The van der Waals surface area contributed by atoms with Gasteiger partial charge in [-0.05, 0) is 43.5 Å². The van der Waals surface area contributed by atoms with Crippen LogP contribution in [0.4, 0.5) is 10.1 Å². The van der Waals surface area contributed by atoms with Gasteiger partial charge < -0.3 is 10.1 Å². The highest BCUT2D eigenvalue weighted by Gasteiger charge is 2.23. The summed E-state index contributed by atoms with van der Waals surface area (Å²) in [5.74, 6) is -0.418. The van der Waals surface area contributed by atoms with Crippen molar-refractivity contribution >= 4 is 11.6 Å². The number of rotatable bonds is 2. The molecule has 2 rings (SSSR count). The number of benzene rings is 1. The Morgan fingerprint density at radius 2 is 2.38 bits per heavy atom. The van der Waals surface area contributed by atoms with E-state index in [1.165, 1.54) is 6.07 Å². The van der Waals surface area contributed by atoms with Crippen molar-refractivity contribution in [1.29, 1.82) is 0 Å². The Morgan fingerprint density at radius 3 is 3.00 bits per heavy atom. The SMILES string of the molecule is Cc1cc(NC(=O)[C@H]2CCCO2)ccc1F. The highest BCUT2D eigenvalue weighted by atomic mass is 19.1. The zero-order valence-corrected chi connectivity index (χ0v) is 9.13. The molecule has 1 saturated heterocycles. The highest BCUT2D eigenvalue weighted by Crippen LogP contribution is 2.17. The van der Waals surface area contributed by atoms with Gasteiger partial charge in [0, 0.05) is 12.3 Å². The first-order valence-corrected chi connectivity index (χ1v) is 5.35. The molecule has 0 aliphatic carbocycles. The molecule has 1 aromatic carbocycles. The summed E-state index contributed by atoms with van der Waals surface area (Å²) in [7, 11) is 0. The molecule has 1 aromatic rings. The molecule has 0 bridgehead atoms. The van der Waals surface area contributed by atoms with Crippen LogP contribution < -0.4 is 5.32 Å². The van der Waals surface area contributed by atoms with Gasteiger partial charge in [-0.25, -0.2) is 4.39 Å². The van der Waals surface area contributed by atoms with Crippen molar-refractivity contribution in [3.63, 3.8) is 0 Å². The summed E-state index contributed by atoms with van der Waals surface area (Å²) in [6, 6.07) is 4.51. The first kappa shape index (κ1) is 11.1. The maximum Gasteiger partial charge on any atom is 0.253 e. The number of nitrogens with one attached hydrogen (secondary N) is 1. The zero-order valence-electron chi connectivity index (χ0n) is 9.13. The van der Waals surface area contributed by atoms with Gasteiger partial charge >= 0.3 is 0 Å². The molecule has 16 heavy (non-hydrogen) atoms. The molecule has 1 N–H and O–H groups in total. The number of hydrogen-bond acceptors (Lipinski definition) is 2. The standard InChI is InChI=1S/C12H14FNO2/c1-8-7-9(4-5-10(8)13)14-12(15)11-3-2-6-16-11/h4-5,7,11H,2-3,6H2,1H3,(H,14,15)/t11-/m1/s1. The van der Waals surface area contributed by atoms with E-state index in [0.29, 0.717) is 17.9 Å². The van der Waals surface area contributed by atoms with Crippen molar-refractivity contribution < 1.29 is 13.9 Å². The van der Waals surface area contributed by atoms with Crippen molar-refractivity contribution in [1.82, 2.24) is 0 Å². The maximum absolute atomic E-state index is 13.0. The van der Waals surface area contributed by atoms with Gasteiger partial charge in [0.15, 0.2) is 0 Å². The van der Waals surface area contributed by atoms with Crippen molar-refractivity contribution in [2.75, 3.05) is 11.9 Å². The number of amides is 1. The molecule has 0 saturated carbocycles. The molecule has 0 unspecified atom stereocenters. The quantitative estimate of drug-likeness (QED) is 0.835. The van der Waals surface area contributed by atoms with E-state index in [1.807, 2.05) is 0 Å². The molecular weight excluding hydrogens is 209 g/mol. The van der Waals surface area contributed by atoms with Crippen LogP contribution in [0.3, 0.4) is 0 Å². The van der Waals surface area contributed by atoms with Crippen molar-refractivity contribution in [2.24, 2.45) is 0 Å². The average molecular weight is 223 g/mol. The van der Waals surface area contributed by atoms with E-state index >= 15 is 0 Å². The van der Waals surface area contributed by atoms with Crippen molar-refractivity contribution in [3.8, 4) is 0 Å². The number of carbonyl (C=O) groups is 1. The van der Waals surface area contributed by atoms with E-state index in [0.717, 1.165) is 12.8 Å². The molecule has 0 spiro atoms.